The van der Waals surface area contributed by atoms with Gasteiger partial charge in [-0.05, 0) is 30.7 Å². The third-order valence-corrected chi connectivity index (χ3v) is 3.45. The Balaban J connectivity index is 2.36. The monoisotopic (exact) mass is 401 g/mol. The molecule has 1 N–H and O–H groups in total. The van der Waals surface area contributed by atoms with Crippen molar-refractivity contribution in [2.75, 3.05) is 19.0 Å². The molecule has 0 bridgehead atoms. The van der Waals surface area contributed by atoms with Crippen LogP contribution in [0.1, 0.15) is 6.92 Å². The number of ether oxygens (including phenoxy) is 1. The van der Waals surface area contributed by atoms with E-state index in [0.29, 0.717) is 10.6 Å². The summed E-state index contributed by atoms with van der Waals surface area (Å²) in [6.07, 6.45) is -3.33. The molecule has 1 aromatic heterocycles. The van der Waals surface area contributed by atoms with Crippen LogP contribution in [0.15, 0.2) is 41.7 Å². The zero-order valence-electron chi connectivity index (χ0n) is 14.3. The molecule has 0 atom stereocenters. The van der Waals surface area contributed by atoms with E-state index in [1.807, 2.05) is 0 Å². The molecule has 6 nitrogen and oxygen atoms in total. The molecule has 27 heavy (non-hydrogen) atoms. The summed E-state index contributed by atoms with van der Waals surface area (Å²) in [5.74, 6) is -0.778. The first-order chi connectivity index (χ1) is 12.7. The molecule has 2 rings (SSSR count). The van der Waals surface area contributed by atoms with Gasteiger partial charge in [0.15, 0.2) is 6.61 Å². The summed E-state index contributed by atoms with van der Waals surface area (Å²) in [5.41, 5.74) is 1.08. The van der Waals surface area contributed by atoms with Gasteiger partial charge in [0.25, 0.3) is 5.91 Å². The minimum Gasteiger partial charge on any atom is -0.468 e. The van der Waals surface area contributed by atoms with Gasteiger partial charge in [-0.1, -0.05) is 28.9 Å². The van der Waals surface area contributed by atoms with Crippen molar-refractivity contribution in [1.82, 2.24) is 4.98 Å². The van der Waals surface area contributed by atoms with E-state index in [9.17, 15) is 18.0 Å². The van der Waals surface area contributed by atoms with E-state index >= 15 is 0 Å². The molecule has 0 fully saturated rings. The second-order valence-corrected chi connectivity index (χ2v) is 5.74. The Kier molecular flexibility index (Phi) is 6.62. The van der Waals surface area contributed by atoms with Crippen molar-refractivity contribution in [1.29, 1.82) is 0 Å². The van der Waals surface area contributed by atoms with Crippen molar-refractivity contribution in [3.8, 4) is 17.0 Å². The van der Waals surface area contributed by atoms with Gasteiger partial charge >= 0.3 is 6.18 Å². The maximum absolute atomic E-state index is 12.5. The predicted molar refractivity (Wildman–Crippen MR) is 95.0 cm³/mol. The van der Waals surface area contributed by atoms with Gasteiger partial charge in [-0.25, -0.2) is 4.98 Å². The van der Waals surface area contributed by atoms with E-state index < -0.39 is 18.7 Å². The van der Waals surface area contributed by atoms with E-state index in [4.69, 9.17) is 16.3 Å². The zero-order chi connectivity index (χ0) is 20.0. The summed E-state index contributed by atoms with van der Waals surface area (Å²) in [7, 11) is 1.30. The normalized spacial score (nSPS) is 11.9. The number of amides is 1. The van der Waals surface area contributed by atoms with Gasteiger partial charge in [0.1, 0.15) is 12.8 Å². The molecule has 0 aliphatic rings. The average molecular weight is 402 g/mol. The molecule has 10 heteroatoms. The summed E-state index contributed by atoms with van der Waals surface area (Å²) in [6, 6.07) is 7.79. The fraction of sp³-hybridized carbons (Fsp3) is 0.235. The van der Waals surface area contributed by atoms with Crippen molar-refractivity contribution in [2.45, 2.75) is 13.1 Å². The van der Waals surface area contributed by atoms with Gasteiger partial charge in [0, 0.05) is 10.6 Å². The first kappa shape index (κ1) is 20.5. The predicted octanol–water partition coefficient (Wildman–Crippen LogP) is 4.30. The number of pyridine rings is 1. The fourth-order valence-electron chi connectivity index (χ4n) is 2.02. The molecule has 0 aliphatic heterocycles. The lowest BCUT2D eigenvalue weighted by molar-refractivity contribution is -0.154. The second kappa shape index (κ2) is 8.72. The summed E-state index contributed by atoms with van der Waals surface area (Å²) in [4.78, 5) is 20.4. The molecule has 0 unspecified atom stereocenters. The largest absolute Gasteiger partial charge is 0.468 e. The molecule has 0 spiro atoms. The van der Waals surface area contributed by atoms with Crippen LogP contribution < -0.4 is 10.1 Å². The van der Waals surface area contributed by atoms with Crippen molar-refractivity contribution in [3.63, 3.8) is 0 Å². The number of carbonyl (C=O) groups excluding carboxylic acids is 1. The topological polar surface area (TPSA) is 72.8 Å². The highest BCUT2D eigenvalue weighted by Gasteiger charge is 2.29. The third kappa shape index (κ3) is 6.14. The number of aromatic nitrogens is 1. The molecular weight excluding hydrogens is 387 g/mol. The van der Waals surface area contributed by atoms with E-state index in [1.54, 1.807) is 24.3 Å². The lowest BCUT2D eigenvalue weighted by Crippen LogP contribution is -2.21. The quantitative estimate of drug-likeness (QED) is 0.578. The number of nitrogens with zero attached hydrogens (tertiary/aromatic N) is 2. The van der Waals surface area contributed by atoms with Gasteiger partial charge in [-0.3, -0.25) is 4.79 Å². The Bertz CT molecular complexity index is 840. The van der Waals surface area contributed by atoms with E-state index in [-0.39, 0.29) is 22.8 Å². The molecular formula is C17H15ClF3N3O3. The maximum Gasteiger partial charge on any atom is 0.422 e. The first-order valence-corrected chi connectivity index (χ1v) is 7.92. The lowest BCUT2D eigenvalue weighted by atomic mass is 10.1. The van der Waals surface area contributed by atoms with Crippen molar-refractivity contribution < 1.29 is 27.5 Å². The van der Waals surface area contributed by atoms with Gasteiger partial charge in [-0.2, -0.15) is 13.2 Å². The highest BCUT2D eigenvalue weighted by Crippen LogP contribution is 2.32. The number of anilines is 1. The highest BCUT2D eigenvalue weighted by molar-refractivity contribution is 6.42. The molecule has 1 aromatic carbocycles. The molecule has 0 aliphatic carbocycles. The number of carbonyl (C=O) groups is 1. The number of halogens is 4. The Morgan fingerprint density at radius 2 is 1.96 bits per heavy atom. The molecule has 2 aromatic rings. The second-order valence-electron chi connectivity index (χ2n) is 5.30. The molecule has 144 valence electrons. The van der Waals surface area contributed by atoms with Crippen LogP contribution in [0.2, 0.25) is 5.02 Å². The minimum atomic E-state index is -4.51. The smallest absolute Gasteiger partial charge is 0.422 e. The van der Waals surface area contributed by atoms with E-state index in [2.05, 4.69) is 20.3 Å². The summed E-state index contributed by atoms with van der Waals surface area (Å²) in [6.45, 7) is -0.0565. The van der Waals surface area contributed by atoms with Crippen LogP contribution in [0.25, 0.3) is 11.1 Å². The molecule has 0 saturated heterocycles. The Labute approximate surface area is 157 Å². The standard InChI is InChI=1S/C17H15ClF3N3O3/c1-10(24-26-2)15(25)23-13-7-14(11-3-5-12(18)6-4-11)16(22-8-13)27-9-17(19,20)21/h3-8H,9H2,1-2H3,(H,23,25)/b24-10-. The van der Waals surface area contributed by atoms with Crippen LogP contribution in [0.5, 0.6) is 5.88 Å². The molecule has 0 radical (unpaired) electrons. The summed E-state index contributed by atoms with van der Waals surface area (Å²) in [5, 5.41) is 6.50. The fourth-order valence-corrected chi connectivity index (χ4v) is 2.15. The number of benzene rings is 1. The zero-order valence-corrected chi connectivity index (χ0v) is 15.1. The number of hydrogen-bond acceptors (Lipinski definition) is 5. The van der Waals surface area contributed by atoms with Crippen LogP contribution in [0.4, 0.5) is 18.9 Å². The summed E-state index contributed by atoms with van der Waals surface area (Å²) >= 11 is 5.85. The van der Waals surface area contributed by atoms with E-state index in [0.717, 1.165) is 0 Å². The molecule has 0 saturated carbocycles. The van der Waals surface area contributed by atoms with Gasteiger partial charge < -0.3 is 14.9 Å². The van der Waals surface area contributed by atoms with Crippen molar-refractivity contribution in [2.24, 2.45) is 5.16 Å². The summed E-state index contributed by atoms with van der Waals surface area (Å²) < 4.78 is 42.3. The van der Waals surface area contributed by atoms with Crippen molar-refractivity contribution >= 4 is 28.9 Å². The van der Waals surface area contributed by atoms with Gasteiger partial charge in [0.05, 0.1) is 11.9 Å². The van der Waals surface area contributed by atoms with Crippen LogP contribution in [0, 0.1) is 0 Å². The number of nitrogens with one attached hydrogen (secondary N) is 1. The SMILES string of the molecule is CO/N=C(/C)C(=O)Nc1cnc(OCC(F)(F)F)c(-c2ccc(Cl)cc2)c1. The Morgan fingerprint density at radius 1 is 1.30 bits per heavy atom. The number of alkyl halides is 3. The molecule has 1 heterocycles. The van der Waals surface area contributed by atoms with Crippen LogP contribution in [-0.2, 0) is 9.63 Å². The van der Waals surface area contributed by atoms with Crippen LogP contribution >= 0.6 is 11.6 Å². The molecule has 1 amide bonds. The number of hydrogen-bond donors (Lipinski definition) is 1. The third-order valence-electron chi connectivity index (χ3n) is 3.19. The Morgan fingerprint density at radius 3 is 2.56 bits per heavy atom. The van der Waals surface area contributed by atoms with Gasteiger partial charge in [0.2, 0.25) is 5.88 Å². The maximum atomic E-state index is 12.5. The highest BCUT2D eigenvalue weighted by atomic mass is 35.5. The number of rotatable bonds is 6. The van der Waals surface area contributed by atoms with Crippen molar-refractivity contribution in [3.05, 3.63) is 41.6 Å². The number of oxime groups is 1. The van der Waals surface area contributed by atoms with Gasteiger partial charge in [-0.15, -0.1) is 0 Å². The average Bonchev–Trinajstić information content (AvgIpc) is 2.60. The van der Waals surface area contributed by atoms with E-state index in [1.165, 1.54) is 26.3 Å². The lowest BCUT2D eigenvalue weighted by Gasteiger charge is -2.14. The van der Waals surface area contributed by atoms with Crippen LogP contribution in [-0.4, -0.2) is 36.5 Å². The minimum absolute atomic E-state index is 0.0583. The Hall–Kier alpha value is -2.81. The first-order valence-electron chi connectivity index (χ1n) is 7.54. The van der Waals surface area contributed by atoms with Crippen LogP contribution in [0.3, 0.4) is 0 Å².